The van der Waals surface area contributed by atoms with E-state index in [1.807, 2.05) is 72.8 Å². The van der Waals surface area contributed by atoms with Crippen molar-refractivity contribution >= 4 is 41.3 Å². The van der Waals surface area contributed by atoms with E-state index in [2.05, 4.69) is 10.4 Å². The molecule has 27 heavy (non-hydrogen) atoms. The zero-order valence-electron chi connectivity index (χ0n) is 14.8. The summed E-state index contributed by atoms with van der Waals surface area (Å²) in [6.07, 6.45) is 4.93. The highest BCUT2D eigenvalue weighted by molar-refractivity contribution is 7.80. The number of hydrazone groups is 1. The molecule has 0 spiro atoms. The summed E-state index contributed by atoms with van der Waals surface area (Å²) in [5.41, 5.74) is 1.92. The van der Waals surface area contributed by atoms with Crippen LogP contribution in [-0.2, 0) is 0 Å². The van der Waals surface area contributed by atoms with E-state index < -0.39 is 0 Å². The molecule has 136 valence electrons. The minimum atomic E-state index is -0.299. The summed E-state index contributed by atoms with van der Waals surface area (Å²) < 4.78 is 0. The van der Waals surface area contributed by atoms with Gasteiger partial charge in [-0.1, -0.05) is 54.6 Å². The summed E-state index contributed by atoms with van der Waals surface area (Å²) in [4.78, 5) is 16.1. The Balaban J connectivity index is 1.54. The molecule has 2 saturated heterocycles. The van der Waals surface area contributed by atoms with Gasteiger partial charge in [0.25, 0.3) is 0 Å². The highest BCUT2D eigenvalue weighted by Crippen LogP contribution is 2.32. The molecule has 7 heteroatoms. The third-order valence-corrected chi connectivity index (χ3v) is 4.90. The van der Waals surface area contributed by atoms with Crippen LogP contribution < -0.4 is 10.2 Å². The number of thiocarbonyl (C=S) groups is 1. The van der Waals surface area contributed by atoms with E-state index in [4.69, 9.17) is 12.2 Å². The molecule has 2 aromatic carbocycles. The summed E-state index contributed by atoms with van der Waals surface area (Å²) in [5.74, 6) is 0. The second-order valence-corrected chi connectivity index (χ2v) is 6.67. The van der Waals surface area contributed by atoms with E-state index in [-0.39, 0.29) is 18.4 Å². The number of hydrogen-bond acceptors (Lipinski definition) is 3. The van der Waals surface area contributed by atoms with E-state index >= 15 is 0 Å². The number of allylic oxidation sites excluding steroid dienone is 1. The summed E-state index contributed by atoms with van der Waals surface area (Å²) >= 11 is 5.44. The number of urea groups is 1. The number of likely N-dealkylation sites (N-methyl/N-ethyl adjacent to an activating group) is 1. The second-order valence-electron chi connectivity index (χ2n) is 6.29. The Bertz CT molecular complexity index is 899. The highest BCUT2D eigenvalue weighted by atomic mass is 32.1. The van der Waals surface area contributed by atoms with Crippen LogP contribution in [0.2, 0.25) is 0 Å². The molecule has 2 atom stereocenters. The minimum absolute atomic E-state index is 0.0915. The maximum absolute atomic E-state index is 12.8. The van der Waals surface area contributed by atoms with Crippen LogP contribution >= 0.6 is 12.2 Å². The zero-order valence-corrected chi connectivity index (χ0v) is 15.6. The standard InChI is InChI=1S/C20H19N5OS/c1-23-18-17(24(20(23)26)16-12-6-3-7-13-16)22-19(27)25(18)21-14-8-11-15-9-4-2-5-10-15/h2-14,17-18H,1H3,(H,22,27)/b11-8+,21-14+. The van der Waals surface area contributed by atoms with E-state index in [9.17, 15) is 4.79 Å². The minimum Gasteiger partial charge on any atom is -0.337 e. The first kappa shape index (κ1) is 17.2. The fourth-order valence-electron chi connectivity index (χ4n) is 3.31. The molecule has 2 heterocycles. The highest BCUT2D eigenvalue weighted by Gasteiger charge is 2.53. The Morgan fingerprint density at radius 1 is 1.07 bits per heavy atom. The van der Waals surface area contributed by atoms with Gasteiger partial charge in [0.15, 0.2) is 17.4 Å². The first-order valence-electron chi connectivity index (χ1n) is 8.63. The van der Waals surface area contributed by atoms with Crippen molar-refractivity contribution in [2.24, 2.45) is 5.10 Å². The molecule has 0 aliphatic carbocycles. The molecular formula is C20H19N5OS. The normalized spacial score (nSPS) is 22.2. The van der Waals surface area contributed by atoms with Crippen molar-refractivity contribution in [2.45, 2.75) is 12.3 Å². The predicted octanol–water partition coefficient (Wildman–Crippen LogP) is 3.10. The molecule has 2 fully saturated rings. The first-order chi connectivity index (χ1) is 13.2. The van der Waals surface area contributed by atoms with Crippen molar-refractivity contribution in [1.29, 1.82) is 0 Å². The van der Waals surface area contributed by atoms with Gasteiger partial charge in [-0.25, -0.2) is 9.80 Å². The molecule has 2 aliphatic rings. The fraction of sp³-hybridized carbons (Fsp3) is 0.150. The molecule has 4 rings (SSSR count). The predicted molar refractivity (Wildman–Crippen MR) is 111 cm³/mol. The molecular weight excluding hydrogens is 358 g/mol. The quantitative estimate of drug-likeness (QED) is 0.657. The third kappa shape index (κ3) is 3.17. The lowest BCUT2D eigenvalue weighted by Gasteiger charge is -2.23. The molecule has 2 aliphatic heterocycles. The van der Waals surface area contributed by atoms with Gasteiger partial charge in [0, 0.05) is 18.9 Å². The van der Waals surface area contributed by atoms with E-state index in [0.717, 1.165) is 11.3 Å². The Kier molecular flexibility index (Phi) is 4.60. The summed E-state index contributed by atoms with van der Waals surface area (Å²) in [6, 6.07) is 19.5. The van der Waals surface area contributed by atoms with E-state index in [1.165, 1.54) is 0 Å². The van der Waals surface area contributed by atoms with Crippen LogP contribution in [0.3, 0.4) is 0 Å². The second kappa shape index (κ2) is 7.20. The Morgan fingerprint density at radius 2 is 1.74 bits per heavy atom. The van der Waals surface area contributed by atoms with E-state index in [1.54, 1.807) is 28.1 Å². The van der Waals surface area contributed by atoms with Crippen LogP contribution in [0.25, 0.3) is 6.08 Å². The summed E-state index contributed by atoms with van der Waals surface area (Å²) in [5, 5.41) is 9.86. The Morgan fingerprint density at radius 3 is 2.44 bits per heavy atom. The van der Waals surface area contributed by atoms with Crippen LogP contribution in [0, 0.1) is 0 Å². The molecule has 2 amide bonds. The van der Waals surface area contributed by atoms with Gasteiger partial charge >= 0.3 is 6.03 Å². The molecule has 1 N–H and O–H groups in total. The largest absolute Gasteiger partial charge is 0.337 e. The van der Waals surface area contributed by atoms with Crippen molar-refractivity contribution in [3.05, 3.63) is 72.3 Å². The zero-order chi connectivity index (χ0) is 18.8. The summed E-state index contributed by atoms with van der Waals surface area (Å²) in [6.45, 7) is 0. The SMILES string of the molecule is CN1C(=O)N(c2ccccc2)C2NC(=S)N(/N=C/C=C/c3ccccc3)C21. The lowest BCUT2D eigenvalue weighted by Crippen LogP contribution is -2.43. The number of rotatable bonds is 4. The number of carbonyl (C=O) groups is 1. The molecule has 0 radical (unpaired) electrons. The van der Waals surface area contributed by atoms with Crippen molar-refractivity contribution < 1.29 is 4.79 Å². The van der Waals surface area contributed by atoms with Crippen LogP contribution in [0.4, 0.5) is 10.5 Å². The number of para-hydroxylation sites is 1. The third-order valence-electron chi connectivity index (χ3n) is 4.59. The Hall–Kier alpha value is -3.19. The molecule has 2 unspecified atom stereocenters. The van der Waals surface area contributed by atoms with Gasteiger partial charge in [-0.15, -0.1) is 0 Å². The van der Waals surface area contributed by atoms with Gasteiger partial charge in [-0.05, 0) is 36.0 Å². The van der Waals surface area contributed by atoms with Gasteiger partial charge in [0.05, 0.1) is 0 Å². The maximum Gasteiger partial charge on any atom is 0.327 e. The molecule has 0 saturated carbocycles. The molecule has 6 nitrogen and oxygen atoms in total. The van der Waals surface area contributed by atoms with Crippen LogP contribution in [0.5, 0.6) is 0 Å². The average Bonchev–Trinajstić information content (AvgIpc) is 3.13. The first-order valence-corrected chi connectivity index (χ1v) is 9.04. The molecule has 2 aromatic rings. The lowest BCUT2D eigenvalue weighted by atomic mass is 10.2. The van der Waals surface area contributed by atoms with E-state index in [0.29, 0.717) is 5.11 Å². The number of benzene rings is 2. The van der Waals surface area contributed by atoms with Crippen molar-refractivity contribution in [3.63, 3.8) is 0 Å². The number of hydrogen-bond donors (Lipinski definition) is 1. The number of nitrogens with zero attached hydrogens (tertiary/aromatic N) is 4. The van der Waals surface area contributed by atoms with Gasteiger partial charge in [0.1, 0.15) is 0 Å². The van der Waals surface area contributed by atoms with Gasteiger partial charge < -0.3 is 10.2 Å². The smallest absolute Gasteiger partial charge is 0.327 e. The van der Waals surface area contributed by atoms with Crippen molar-refractivity contribution in [2.75, 3.05) is 11.9 Å². The van der Waals surface area contributed by atoms with Gasteiger partial charge in [-0.3, -0.25) is 4.90 Å². The number of nitrogens with one attached hydrogen (secondary N) is 1. The van der Waals surface area contributed by atoms with Crippen LogP contribution in [-0.4, -0.2) is 46.6 Å². The van der Waals surface area contributed by atoms with Gasteiger partial charge in [-0.2, -0.15) is 5.10 Å². The number of carbonyl (C=O) groups excluding carboxylic acids is 1. The monoisotopic (exact) mass is 377 g/mol. The number of anilines is 1. The number of amides is 2. The van der Waals surface area contributed by atoms with Gasteiger partial charge in [0.2, 0.25) is 0 Å². The van der Waals surface area contributed by atoms with Crippen LogP contribution in [0.1, 0.15) is 5.56 Å². The molecule has 0 aromatic heterocycles. The maximum atomic E-state index is 12.8. The number of fused-ring (bicyclic) bond motifs is 1. The Labute approximate surface area is 163 Å². The van der Waals surface area contributed by atoms with Crippen molar-refractivity contribution in [1.82, 2.24) is 15.2 Å². The average molecular weight is 377 g/mol. The van der Waals surface area contributed by atoms with Crippen LogP contribution in [0.15, 0.2) is 71.8 Å². The summed E-state index contributed by atoms with van der Waals surface area (Å²) in [7, 11) is 1.76. The topological polar surface area (TPSA) is 51.2 Å². The lowest BCUT2D eigenvalue weighted by molar-refractivity contribution is 0.174. The molecule has 0 bridgehead atoms. The fourth-order valence-corrected chi connectivity index (χ4v) is 3.58. The van der Waals surface area contributed by atoms with Crippen molar-refractivity contribution in [3.8, 4) is 0 Å².